The molecule has 3 aromatic carbocycles. The highest BCUT2D eigenvalue weighted by Crippen LogP contribution is 2.43. The van der Waals surface area contributed by atoms with Gasteiger partial charge in [0.1, 0.15) is 0 Å². The Hall–Kier alpha value is -2.12. The summed E-state index contributed by atoms with van der Waals surface area (Å²) < 4.78 is 0. The molecule has 0 nitrogen and oxygen atoms in total. The van der Waals surface area contributed by atoms with Gasteiger partial charge in [-0.25, -0.2) is 0 Å². The molecule has 1 heteroatoms. The van der Waals surface area contributed by atoms with E-state index in [0.717, 1.165) is 6.42 Å². The molecule has 0 aromatic heterocycles. The van der Waals surface area contributed by atoms with Gasteiger partial charge in [-0.1, -0.05) is 155 Å². The van der Waals surface area contributed by atoms with Gasteiger partial charge < -0.3 is 0 Å². The molecule has 0 N–H and O–H groups in total. The lowest BCUT2D eigenvalue weighted by Crippen LogP contribution is -2.29. The molecule has 0 fully saturated rings. The summed E-state index contributed by atoms with van der Waals surface area (Å²) in [5.74, 6) is 0. The molecule has 0 bridgehead atoms. The number of unbranched alkanes of at least 4 members (excludes halogenated alkanes) is 8. The Morgan fingerprint density at radius 2 is 0.742 bits per heavy atom. The van der Waals surface area contributed by atoms with Crippen molar-refractivity contribution in [1.29, 1.82) is 0 Å². The monoisotopic (exact) mass is 428 g/mol. The standard InChI is InChI=1S/C30H40Si/c31-26-18-7-5-3-1-2-4-6-17-25-30(27-19-11-8-12-20-27,28-21-13-9-14-22-28)29-23-15-10-16-24-29/h8-16,19-24H,1-7,17-18,25-26H2,31H3. The van der Waals surface area contributed by atoms with E-state index in [1.54, 1.807) is 0 Å². The van der Waals surface area contributed by atoms with E-state index in [1.807, 2.05) is 0 Å². The van der Waals surface area contributed by atoms with Crippen molar-refractivity contribution < 1.29 is 0 Å². The number of hydrogen-bond acceptors (Lipinski definition) is 0. The van der Waals surface area contributed by atoms with Crippen LogP contribution in [-0.4, -0.2) is 10.2 Å². The first-order valence-electron chi connectivity index (χ1n) is 12.5. The van der Waals surface area contributed by atoms with Gasteiger partial charge in [-0.2, -0.15) is 0 Å². The quantitative estimate of drug-likeness (QED) is 0.140. The van der Waals surface area contributed by atoms with Gasteiger partial charge in [0, 0.05) is 15.7 Å². The summed E-state index contributed by atoms with van der Waals surface area (Å²) in [5, 5.41) is 0. The molecular weight excluding hydrogens is 388 g/mol. The summed E-state index contributed by atoms with van der Waals surface area (Å²) in [5.41, 5.74) is 4.15. The van der Waals surface area contributed by atoms with Crippen LogP contribution in [0.2, 0.25) is 6.04 Å². The Morgan fingerprint density at radius 1 is 0.419 bits per heavy atom. The number of benzene rings is 3. The third-order valence-corrected chi connectivity index (χ3v) is 7.41. The Labute approximate surface area is 193 Å². The zero-order valence-electron chi connectivity index (χ0n) is 19.4. The third-order valence-electron chi connectivity index (χ3n) is 6.71. The summed E-state index contributed by atoms with van der Waals surface area (Å²) in [4.78, 5) is 0. The lowest BCUT2D eigenvalue weighted by molar-refractivity contribution is 0.494. The summed E-state index contributed by atoms with van der Waals surface area (Å²) >= 11 is 0. The first-order chi connectivity index (χ1) is 15.4. The highest BCUT2D eigenvalue weighted by Gasteiger charge is 2.35. The van der Waals surface area contributed by atoms with Crippen LogP contribution in [0.3, 0.4) is 0 Å². The van der Waals surface area contributed by atoms with Crippen LogP contribution >= 0.6 is 0 Å². The van der Waals surface area contributed by atoms with E-state index in [1.165, 1.54) is 90.8 Å². The first-order valence-corrected chi connectivity index (χ1v) is 14.0. The second-order valence-electron chi connectivity index (χ2n) is 8.94. The van der Waals surface area contributed by atoms with E-state index in [-0.39, 0.29) is 5.41 Å². The van der Waals surface area contributed by atoms with Crippen LogP contribution in [0.5, 0.6) is 0 Å². The van der Waals surface area contributed by atoms with Crippen LogP contribution in [0, 0.1) is 0 Å². The molecule has 0 aliphatic heterocycles. The molecule has 31 heavy (non-hydrogen) atoms. The average Bonchev–Trinajstić information content (AvgIpc) is 2.84. The fraction of sp³-hybridized carbons (Fsp3) is 0.400. The van der Waals surface area contributed by atoms with Crippen molar-refractivity contribution in [2.75, 3.05) is 0 Å². The van der Waals surface area contributed by atoms with Crippen LogP contribution in [0.25, 0.3) is 0 Å². The Kier molecular flexibility index (Phi) is 10.1. The van der Waals surface area contributed by atoms with Crippen molar-refractivity contribution in [2.45, 2.75) is 75.7 Å². The molecule has 3 aromatic rings. The molecule has 0 aliphatic carbocycles. The van der Waals surface area contributed by atoms with Crippen molar-refractivity contribution in [3.63, 3.8) is 0 Å². The molecule has 3 rings (SSSR count). The first kappa shape index (κ1) is 23.5. The molecule has 0 radical (unpaired) electrons. The molecule has 0 amide bonds. The molecule has 0 saturated heterocycles. The topological polar surface area (TPSA) is 0 Å². The summed E-state index contributed by atoms with van der Waals surface area (Å²) in [6.07, 6.45) is 13.7. The van der Waals surface area contributed by atoms with Gasteiger partial charge in [-0.05, 0) is 23.1 Å². The van der Waals surface area contributed by atoms with Crippen LogP contribution in [0.4, 0.5) is 0 Å². The summed E-state index contributed by atoms with van der Waals surface area (Å²) in [6.45, 7) is 0. The van der Waals surface area contributed by atoms with Gasteiger partial charge in [0.25, 0.3) is 0 Å². The van der Waals surface area contributed by atoms with E-state index >= 15 is 0 Å². The normalized spacial score (nSPS) is 11.6. The molecule has 0 saturated carbocycles. The van der Waals surface area contributed by atoms with Crippen molar-refractivity contribution in [1.82, 2.24) is 0 Å². The van der Waals surface area contributed by atoms with Gasteiger partial charge in [-0.3, -0.25) is 0 Å². The van der Waals surface area contributed by atoms with E-state index in [9.17, 15) is 0 Å². The highest BCUT2D eigenvalue weighted by molar-refractivity contribution is 6.08. The number of hydrogen-bond donors (Lipinski definition) is 0. The van der Waals surface area contributed by atoms with Crippen molar-refractivity contribution in [2.24, 2.45) is 0 Å². The van der Waals surface area contributed by atoms with Gasteiger partial charge in [0.05, 0.1) is 0 Å². The second kappa shape index (κ2) is 13.3. The fourth-order valence-corrected chi connectivity index (χ4v) is 5.48. The molecule has 0 aliphatic rings. The van der Waals surface area contributed by atoms with Crippen LogP contribution in [-0.2, 0) is 5.41 Å². The SMILES string of the molecule is [SiH3]CCCCCCCCCCCC(c1ccccc1)(c1ccccc1)c1ccccc1. The van der Waals surface area contributed by atoms with E-state index in [0.29, 0.717) is 0 Å². The van der Waals surface area contributed by atoms with E-state index < -0.39 is 0 Å². The zero-order chi connectivity index (χ0) is 21.6. The third kappa shape index (κ3) is 6.68. The molecule has 0 unspecified atom stereocenters. The maximum Gasteiger partial charge on any atom is 0.0451 e. The maximum absolute atomic E-state index is 2.32. The lowest BCUT2D eigenvalue weighted by atomic mass is 9.66. The van der Waals surface area contributed by atoms with E-state index in [2.05, 4.69) is 91.0 Å². The van der Waals surface area contributed by atoms with Gasteiger partial charge in [-0.15, -0.1) is 0 Å². The van der Waals surface area contributed by atoms with E-state index in [4.69, 9.17) is 0 Å². The smallest absolute Gasteiger partial charge is 0.0451 e. The highest BCUT2D eigenvalue weighted by atomic mass is 28.1. The fourth-order valence-electron chi connectivity index (χ4n) is 4.98. The second-order valence-corrected chi connectivity index (χ2v) is 9.94. The molecule has 0 atom stereocenters. The molecule has 0 heterocycles. The average molecular weight is 429 g/mol. The van der Waals surface area contributed by atoms with Gasteiger partial charge in [0.15, 0.2) is 0 Å². The van der Waals surface area contributed by atoms with Crippen LogP contribution < -0.4 is 0 Å². The Morgan fingerprint density at radius 3 is 1.10 bits per heavy atom. The van der Waals surface area contributed by atoms with Crippen LogP contribution in [0.15, 0.2) is 91.0 Å². The molecular formula is C30H40Si. The summed E-state index contributed by atoms with van der Waals surface area (Å²) in [7, 11) is 1.38. The molecule has 0 spiro atoms. The largest absolute Gasteiger partial charge is 0.0658 e. The molecule has 164 valence electrons. The van der Waals surface area contributed by atoms with Gasteiger partial charge in [0.2, 0.25) is 0 Å². The van der Waals surface area contributed by atoms with Crippen molar-refractivity contribution in [3.05, 3.63) is 108 Å². The Balaban J connectivity index is 1.70. The van der Waals surface area contributed by atoms with Gasteiger partial charge >= 0.3 is 0 Å². The van der Waals surface area contributed by atoms with Crippen molar-refractivity contribution >= 4 is 10.2 Å². The predicted octanol–water partition coefficient (Wildman–Crippen LogP) is 7.71. The minimum absolute atomic E-state index is 0.0761. The van der Waals surface area contributed by atoms with Crippen molar-refractivity contribution in [3.8, 4) is 0 Å². The minimum atomic E-state index is -0.0761. The Bertz CT molecular complexity index is 729. The predicted molar refractivity (Wildman–Crippen MR) is 140 cm³/mol. The zero-order valence-corrected chi connectivity index (χ0v) is 21.4. The van der Waals surface area contributed by atoms with Crippen LogP contribution in [0.1, 0.15) is 80.9 Å². The minimum Gasteiger partial charge on any atom is -0.0658 e. The lowest BCUT2D eigenvalue weighted by Gasteiger charge is -2.36. The summed E-state index contributed by atoms with van der Waals surface area (Å²) in [6, 6.07) is 34.9. The number of rotatable bonds is 14. The maximum atomic E-state index is 2.32.